The Balaban J connectivity index is 2.42. The van der Waals surface area contributed by atoms with Crippen LogP contribution in [0.25, 0.3) is 11.1 Å². The van der Waals surface area contributed by atoms with Crippen molar-refractivity contribution in [3.8, 4) is 16.9 Å². The average molecular weight is 547 g/mol. The highest BCUT2D eigenvalue weighted by molar-refractivity contribution is 5.96. The standard InChI is InChI=1S/C30H40F2N2O5/c1-17(2)38-28(36)27(39-29(4,5)6)23-18(3)33-22(16-35)24(19-14-20(31)26(37-9)21(32)15-19)25(23)34-12-10-30(7,8)11-13-34/h14-17,27H,10-13H2,1-9H3. The molecule has 1 fully saturated rings. The average Bonchev–Trinajstić information content (AvgIpc) is 2.81. The van der Waals surface area contributed by atoms with E-state index in [1.807, 2.05) is 20.8 Å². The van der Waals surface area contributed by atoms with Crippen molar-refractivity contribution in [2.24, 2.45) is 5.41 Å². The molecule has 0 amide bonds. The van der Waals surface area contributed by atoms with Gasteiger partial charge in [-0.3, -0.25) is 4.79 Å². The first kappa shape index (κ1) is 30.5. The van der Waals surface area contributed by atoms with E-state index in [0.717, 1.165) is 25.0 Å². The highest BCUT2D eigenvalue weighted by Gasteiger charge is 2.38. The number of anilines is 1. The van der Waals surface area contributed by atoms with Crippen molar-refractivity contribution in [2.75, 3.05) is 25.1 Å². The van der Waals surface area contributed by atoms with E-state index in [1.54, 1.807) is 20.8 Å². The lowest BCUT2D eigenvalue weighted by Crippen LogP contribution is -2.39. The number of pyridine rings is 1. The smallest absolute Gasteiger partial charge is 0.340 e. The van der Waals surface area contributed by atoms with E-state index in [0.29, 0.717) is 36.3 Å². The summed E-state index contributed by atoms with van der Waals surface area (Å²) in [5.41, 5.74) is 0.959. The van der Waals surface area contributed by atoms with Crippen molar-refractivity contribution in [2.45, 2.75) is 86.0 Å². The van der Waals surface area contributed by atoms with E-state index in [-0.39, 0.29) is 22.2 Å². The van der Waals surface area contributed by atoms with E-state index in [4.69, 9.17) is 14.2 Å². The first-order chi connectivity index (χ1) is 18.1. The number of carbonyl (C=O) groups excluding carboxylic acids is 2. The Bertz CT molecular complexity index is 1200. The molecule has 9 heteroatoms. The molecule has 1 saturated heterocycles. The minimum Gasteiger partial charge on any atom is -0.491 e. The van der Waals surface area contributed by atoms with Gasteiger partial charge in [-0.15, -0.1) is 0 Å². The number of benzene rings is 1. The molecule has 1 aromatic carbocycles. The fourth-order valence-electron chi connectivity index (χ4n) is 4.84. The summed E-state index contributed by atoms with van der Waals surface area (Å²) in [6.07, 6.45) is 0.619. The Labute approximate surface area is 229 Å². The van der Waals surface area contributed by atoms with E-state index in [9.17, 15) is 18.4 Å². The number of ether oxygens (including phenoxy) is 3. The van der Waals surface area contributed by atoms with Crippen LogP contribution in [0.2, 0.25) is 0 Å². The minimum atomic E-state index is -1.20. The number of aldehydes is 1. The molecule has 0 saturated carbocycles. The molecule has 39 heavy (non-hydrogen) atoms. The highest BCUT2D eigenvalue weighted by Crippen LogP contribution is 2.45. The Morgan fingerprint density at radius 3 is 2.15 bits per heavy atom. The Kier molecular flexibility index (Phi) is 9.05. The second kappa shape index (κ2) is 11.6. The predicted octanol–water partition coefficient (Wildman–Crippen LogP) is 6.59. The van der Waals surface area contributed by atoms with Crippen molar-refractivity contribution in [3.05, 3.63) is 40.7 Å². The molecule has 2 aromatic rings. The van der Waals surface area contributed by atoms with Gasteiger partial charge in [-0.2, -0.15) is 0 Å². The number of halogens is 2. The molecule has 0 N–H and O–H groups in total. The zero-order valence-electron chi connectivity index (χ0n) is 24.4. The molecule has 1 unspecified atom stereocenters. The monoisotopic (exact) mass is 546 g/mol. The van der Waals surface area contributed by atoms with Crippen LogP contribution in [0, 0.1) is 24.0 Å². The number of rotatable bonds is 8. The van der Waals surface area contributed by atoms with Crippen LogP contribution in [0.3, 0.4) is 0 Å². The van der Waals surface area contributed by atoms with Crippen molar-refractivity contribution in [1.82, 2.24) is 4.98 Å². The molecule has 1 atom stereocenters. The Hall–Kier alpha value is -3.07. The second-order valence-corrected chi connectivity index (χ2v) is 12.1. The lowest BCUT2D eigenvalue weighted by Gasteiger charge is -2.41. The molecule has 1 aromatic heterocycles. The number of aryl methyl sites for hydroxylation is 1. The first-order valence-electron chi connectivity index (χ1n) is 13.2. The molecular formula is C30H40F2N2O5. The highest BCUT2D eigenvalue weighted by atomic mass is 19.1. The Morgan fingerprint density at radius 2 is 1.69 bits per heavy atom. The number of carbonyl (C=O) groups is 2. The maximum Gasteiger partial charge on any atom is 0.340 e. The van der Waals surface area contributed by atoms with Crippen LogP contribution in [0.1, 0.15) is 89.2 Å². The molecule has 0 spiro atoms. The fraction of sp³-hybridized carbons (Fsp3) is 0.567. The molecule has 0 radical (unpaired) electrons. The van der Waals surface area contributed by atoms with Crippen LogP contribution >= 0.6 is 0 Å². The summed E-state index contributed by atoms with van der Waals surface area (Å²) in [5, 5.41) is 0. The van der Waals surface area contributed by atoms with E-state index in [1.165, 1.54) is 7.11 Å². The summed E-state index contributed by atoms with van der Waals surface area (Å²) in [6.45, 7) is 16.2. The summed E-state index contributed by atoms with van der Waals surface area (Å²) < 4.78 is 46.7. The number of nitrogens with zero attached hydrogens (tertiary/aromatic N) is 2. The van der Waals surface area contributed by atoms with Gasteiger partial charge in [-0.05, 0) is 77.5 Å². The van der Waals surface area contributed by atoms with Gasteiger partial charge in [0, 0.05) is 29.9 Å². The molecule has 1 aliphatic rings. The zero-order chi connectivity index (χ0) is 29.3. The number of hydrogen-bond acceptors (Lipinski definition) is 7. The molecule has 2 heterocycles. The zero-order valence-corrected chi connectivity index (χ0v) is 24.4. The summed E-state index contributed by atoms with van der Waals surface area (Å²) in [6, 6.07) is 2.24. The number of aromatic nitrogens is 1. The van der Waals surface area contributed by atoms with Crippen LogP contribution in [0.5, 0.6) is 5.75 Å². The van der Waals surface area contributed by atoms with Gasteiger partial charge in [-0.25, -0.2) is 18.6 Å². The van der Waals surface area contributed by atoms with E-state index < -0.39 is 41.2 Å². The van der Waals surface area contributed by atoms with Gasteiger partial charge in [-0.1, -0.05) is 13.8 Å². The maximum atomic E-state index is 15.0. The van der Waals surface area contributed by atoms with Crippen molar-refractivity contribution in [1.29, 1.82) is 0 Å². The lowest BCUT2D eigenvalue weighted by molar-refractivity contribution is -0.171. The van der Waals surface area contributed by atoms with Crippen LogP contribution in [0.15, 0.2) is 12.1 Å². The molecule has 214 valence electrons. The normalized spacial score (nSPS) is 16.3. The first-order valence-corrected chi connectivity index (χ1v) is 13.2. The molecular weight excluding hydrogens is 506 g/mol. The summed E-state index contributed by atoms with van der Waals surface area (Å²) in [4.78, 5) is 32.4. The predicted molar refractivity (Wildman–Crippen MR) is 146 cm³/mol. The quantitative estimate of drug-likeness (QED) is 0.273. The number of esters is 1. The third-order valence-electron chi connectivity index (χ3n) is 6.76. The summed E-state index contributed by atoms with van der Waals surface area (Å²) in [5.74, 6) is -2.97. The van der Waals surface area contributed by atoms with Gasteiger partial charge in [0.15, 0.2) is 29.8 Å². The fourth-order valence-corrected chi connectivity index (χ4v) is 4.84. The molecule has 0 aliphatic carbocycles. The summed E-state index contributed by atoms with van der Waals surface area (Å²) in [7, 11) is 1.18. The Morgan fingerprint density at radius 1 is 1.13 bits per heavy atom. The van der Waals surface area contributed by atoms with E-state index in [2.05, 4.69) is 23.7 Å². The summed E-state index contributed by atoms with van der Waals surface area (Å²) >= 11 is 0. The molecule has 0 bridgehead atoms. The van der Waals surface area contributed by atoms with Crippen molar-refractivity contribution < 1.29 is 32.6 Å². The van der Waals surface area contributed by atoms with Gasteiger partial charge < -0.3 is 19.1 Å². The molecule has 1 aliphatic heterocycles. The van der Waals surface area contributed by atoms with Gasteiger partial charge in [0.1, 0.15) is 5.69 Å². The second-order valence-electron chi connectivity index (χ2n) is 12.1. The SMILES string of the molecule is COc1c(F)cc(-c2c(C=O)nc(C)c(C(OC(C)(C)C)C(=O)OC(C)C)c2N2CCC(C)(C)CC2)cc1F. The number of hydrogen-bond donors (Lipinski definition) is 0. The van der Waals surface area contributed by atoms with Crippen LogP contribution in [0.4, 0.5) is 14.5 Å². The number of methoxy groups -OCH3 is 1. The topological polar surface area (TPSA) is 78.0 Å². The van der Waals surface area contributed by atoms with Gasteiger partial charge in [0.05, 0.1) is 24.5 Å². The minimum absolute atomic E-state index is 0.00628. The third kappa shape index (κ3) is 6.93. The van der Waals surface area contributed by atoms with Gasteiger partial charge in [0.25, 0.3) is 0 Å². The van der Waals surface area contributed by atoms with Crippen LogP contribution in [-0.4, -0.2) is 49.1 Å². The van der Waals surface area contributed by atoms with E-state index >= 15 is 0 Å². The molecule has 3 rings (SSSR count). The largest absolute Gasteiger partial charge is 0.491 e. The number of piperidine rings is 1. The maximum absolute atomic E-state index is 15.0. The van der Waals surface area contributed by atoms with Crippen molar-refractivity contribution >= 4 is 17.9 Å². The van der Waals surface area contributed by atoms with Gasteiger partial charge in [0.2, 0.25) is 0 Å². The third-order valence-corrected chi connectivity index (χ3v) is 6.76. The van der Waals surface area contributed by atoms with Crippen molar-refractivity contribution in [3.63, 3.8) is 0 Å². The molecule has 7 nitrogen and oxygen atoms in total. The van der Waals surface area contributed by atoms with Crippen LogP contribution < -0.4 is 9.64 Å². The lowest BCUT2D eigenvalue weighted by atomic mass is 9.81. The van der Waals surface area contributed by atoms with Crippen LogP contribution in [-0.2, 0) is 14.3 Å². The van der Waals surface area contributed by atoms with Gasteiger partial charge >= 0.3 is 5.97 Å².